The maximum absolute atomic E-state index is 6.42. The van der Waals surface area contributed by atoms with Crippen LogP contribution >= 0.6 is 0 Å². The Morgan fingerprint density at radius 3 is 2.04 bits per heavy atom. The quantitative estimate of drug-likeness (QED) is 0.602. The molecule has 0 unspecified atom stereocenters. The van der Waals surface area contributed by atoms with E-state index in [1.54, 1.807) is 7.11 Å². The summed E-state index contributed by atoms with van der Waals surface area (Å²) in [6.45, 7) is 19.4. The maximum atomic E-state index is 6.42. The fourth-order valence-corrected chi connectivity index (χ4v) is 3.48. The van der Waals surface area contributed by atoms with E-state index in [0.717, 1.165) is 17.1 Å². The van der Waals surface area contributed by atoms with Gasteiger partial charge in [-0.3, -0.25) is 0 Å². The van der Waals surface area contributed by atoms with E-state index in [1.165, 1.54) is 0 Å². The number of benzene rings is 1. The second kappa shape index (κ2) is 7.30. The molecule has 1 aromatic rings. The summed E-state index contributed by atoms with van der Waals surface area (Å²) in [5.74, 6) is 3.49. The summed E-state index contributed by atoms with van der Waals surface area (Å²) in [5.41, 5.74) is 0.352. The molecule has 27 heavy (non-hydrogen) atoms. The number of ether oxygens (including phenoxy) is 1. The lowest BCUT2D eigenvalue weighted by atomic mass is 9.89. The summed E-state index contributed by atoms with van der Waals surface area (Å²) in [7, 11) is -0.602. The van der Waals surface area contributed by atoms with Gasteiger partial charge in [0.25, 0.3) is 8.32 Å². The van der Waals surface area contributed by atoms with Crippen molar-refractivity contribution in [3.05, 3.63) is 29.7 Å². The molecule has 1 aliphatic rings. The van der Waals surface area contributed by atoms with Gasteiger partial charge in [-0.2, -0.15) is 0 Å². The van der Waals surface area contributed by atoms with Crippen molar-refractivity contribution in [1.82, 2.24) is 0 Å². The van der Waals surface area contributed by atoms with E-state index in [0.29, 0.717) is 0 Å². The molecule has 1 fully saturated rings. The molecule has 1 saturated heterocycles. The highest BCUT2D eigenvalue weighted by Crippen LogP contribution is 2.40. The molecule has 6 heteroatoms. The molecule has 0 amide bonds. The standard InChI is InChI=1S/C21H35BO4Si/c1-19(2,3)27(9,10)24-17-12-11-16(15-18(17)23-8)13-14-22-25-20(4,5)21(6,7)26-22/h11-15H,1-10H3/b14-13+. The van der Waals surface area contributed by atoms with Gasteiger partial charge < -0.3 is 18.5 Å². The van der Waals surface area contributed by atoms with Crippen LogP contribution in [-0.2, 0) is 9.31 Å². The number of hydrogen-bond donors (Lipinski definition) is 0. The fourth-order valence-electron chi connectivity index (χ4n) is 2.46. The van der Waals surface area contributed by atoms with Crippen LogP contribution in [0.5, 0.6) is 11.5 Å². The minimum absolute atomic E-state index is 0.132. The SMILES string of the molecule is COc1cc(/C=C/B2OC(C)(C)C(C)(C)O2)ccc1O[Si](C)(C)C(C)(C)C. The van der Waals surface area contributed by atoms with E-state index in [2.05, 4.69) is 61.6 Å². The normalized spacial score (nSPS) is 19.6. The topological polar surface area (TPSA) is 36.9 Å². The molecule has 4 nitrogen and oxygen atoms in total. The fraction of sp³-hybridized carbons (Fsp3) is 0.619. The lowest BCUT2D eigenvalue weighted by Gasteiger charge is -2.36. The Bertz CT molecular complexity index is 689. The molecule has 0 aromatic heterocycles. The van der Waals surface area contributed by atoms with Crippen LogP contribution in [-0.4, -0.2) is 33.7 Å². The van der Waals surface area contributed by atoms with Crippen molar-refractivity contribution < 1.29 is 18.5 Å². The van der Waals surface area contributed by atoms with E-state index < -0.39 is 8.32 Å². The van der Waals surface area contributed by atoms with Gasteiger partial charge in [0.1, 0.15) is 5.75 Å². The molecule has 2 rings (SSSR count). The highest BCUT2D eigenvalue weighted by atomic mass is 28.4. The first-order chi connectivity index (χ1) is 12.2. The second-order valence-electron chi connectivity index (χ2n) is 9.76. The van der Waals surface area contributed by atoms with Crippen LogP contribution in [0.4, 0.5) is 0 Å². The first-order valence-corrected chi connectivity index (χ1v) is 12.5. The summed E-state index contributed by atoms with van der Waals surface area (Å²) in [5, 5.41) is 0.132. The van der Waals surface area contributed by atoms with Gasteiger partial charge in [-0.1, -0.05) is 38.9 Å². The maximum Gasteiger partial charge on any atom is 0.487 e. The van der Waals surface area contributed by atoms with Crippen molar-refractivity contribution in [2.45, 2.75) is 77.8 Å². The van der Waals surface area contributed by atoms with E-state index in [-0.39, 0.29) is 23.4 Å². The number of methoxy groups -OCH3 is 1. The molecule has 0 bridgehead atoms. The van der Waals surface area contributed by atoms with Gasteiger partial charge >= 0.3 is 7.12 Å². The summed E-state index contributed by atoms with van der Waals surface area (Å²) in [6, 6.07) is 6.01. The van der Waals surface area contributed by atoms with Gasteiger partial charge in [-0.05, 0) is 63.5 Å². The third-order valence-electron chi connectivity index (χ3n) is 6.08. The summed E-state index contributed by atoms with van der Waals surface area (Å²) in [6.07, 6.45) is 2.00. The first-order valence-electron chi connectivity index (χ1n) is 9.59. The minimum atomic E-state index is -1.92. The predicted octanol–water partition coefficient (Wildman–Crippen LogP) is 5.72. The zero-order chi connectivity index (χ0) is 20.7. The van der Waals surface area contributed by atoms with E-state index in [1.807, 2.05) is 30.3 Å². The van der Waals surface area contributed by atoms with Crippen LogP contribution in [0, 0.1) is 0 Å². The van der Waals surface area contributed by atoms with Gasteiger partial charge in [-0.15, -0.1) is 0 Å². The van der Waals surface area contributed by atoms with Gasteiger partial charge in [-0.25, -0.2) is 0 Å². The summed E-state index contributed by atoms with van der Waals surface area (Å²) >= 11 is 0. The Morgan fingerprint density at radius 1 is 1.00 bits per heavy atom. The van der Waals surface area contributed by atoms with Crippen molar-refractivity contribution in [1.29, 1.82) is 0 Å². The average molecular weight is 390 g/mol. The zero-order valence-electron chi connectivity index (χ0n) is 18.6. The smallest absolute Gasteiger partial charge is 0.487 e. The molecule has 1 aliphatic heterocycles. The minimum Gasteiger partial charge on any atom is -0.541 e. The van der Waals surface area contributed by atoms with Crippen molar-refractivity contribution in [3.63, 3.8) is 0 Å². The third-order valence-corrected chi connectivity index (χ3v) is 10.4. The monoisotopic (exact) mass is 390 g/mol. The Hall–Kier alpha value is -1.24. The Morgan fingerprint density at radius 2 is 1.56 bits per heavy atom. The molecule has 1 aromatic carbocycles. The van der Waals surface area contributed by atoms with Gasteiger partial charge in [0.15, 0.2) is 5.75 Å². The van der Waals surface area contributed by atoms with Gasteiger partial charge in [0, 0.05) is 0 Å². The molecule has 1 heterocycles. The van der Waals surface area contributed by atoms with Crippen LogP contribution in [0.3, 0.4) is 0 Å². The molecular formula is C21H35BO4Si. The third kappa shape index (κ3) is 4.79. The Kier molecular flexibility index (Phi) is 5.96. The number of rotatable bonds is 5. The van der Waals surface area contributed by atoms with Crippen molar-refractivity contribution >= 4 is 21.5 Å². The van der Waals surface area contributed by atoms with Gasteiger partial charge in [0.2, 0.25) is 0 Å². The molecular weight excluding hydrogens is 355 g/mol. The van der Waals surface area contributed by atoms with Crippen LogP contribution < -0.4 is 9.16 Å². The van der Waals surface area contributed by atoms with Crippen LogP contribution in [0.1, 0.15) is 54.0 Å². The summed E-state index contributed by atoms with van der Waals surface area (Å²) in [4.78, 5) is 0. The van der Waals surface area contributed by atoms with Crippen LogP contribution in [0.25, 0.3) is 6.08 Å². The molecule has 0 radical (unpaired) electrons. The molecule has 0 saturated carbocycles. The second-order valence-corrected chi connectivity index (χ2v) is 14.5. The molecule has 0 spiro atoms. The lowest BCUT2D eigenvalue weighted by Crippen LogP contribution is -2.43. The van der Waals surface area contributed by atoms with E-state index in [4.69, 9.17) is 18.5 Å². The lowest BCUT2D eigenvalue weighted by molar-refractivity contribution is 0.00578. The van der Waals surface area contributed by atoms with Crippen molar-refractivity contribution in [2.75, 3.05) is 7.11 Å². The van der Waals surface area contributed by atoms with Crippen molar-refractivity contribution in [3.8, 4) is 11.5 Å². The molecule has 0 aliphatic carbocycles. The number of hydrogen-bond acceptors (Lipinski definition) is 4. The molecule has 150 valence electrons. The van der Waals surface area contributed by atoms with Crippen LogP contribution in [0.15, 0.2) is 24.2 Å². The summed E-state index contributed by atoms with van der Waals surface area (Å²) < 4.78 is 24.0. The highest BCUT2D eigenvalue weighted by Gasteiger charge is 2.50. The predicted molar refractivity (Wildman–Crippen MR) is 116 cm³/mol. The van der Waals surface area contributed by atoms with E-state index in [9.17, 15) is 0 Å². The Labute approximate surface area is 166 Å². The van der Waals surface area contributed by atoms with E-state index >= 15 is 0 Å². The Balaban J connectivity index is 2.17. The largest absolute Gasteiger partial charge is 0.541 e. The van der Waals surface area contributed by atoms with Crippen molar-refractivity contribution in [2.24, 2.45) is 0 Å². The van der Waals surface area contributed by atoms with Crippen LogP contribution in [0.2, 0.25) is 18.1 Å². The highest BCUT2D eigenvalue weighted by molar-refractivity contribution is 6.74. The molecule has 0 N–H and O–H groups in total. The first kappa shape index (κ1) is 22.1. The van der Waals surface area contributed by atoms with Gasteiger partial charge in [0.05, 0.1) is 18.3 Å². The molecule has 0 atom stereocenters. The zero-order valence-corrected chi connectivity index (χ0v) is 19.6. The average Bonchev–Trinajstić information content (AvgIpc) is 2.72.